The van der Waals surface area contributed by atoms with E-state index in [1.807, 2.05) is 0 Å². The minimum Gasteiger partial charge on any atom is -0.507 e. The molecule has 5 rings (SSSR count). The number of phenolic OH excluding ortho intramolecular Hbond substituents is 2. The molecule has 0 aromatic heterocycles. The standard InChI is InChI=1S/C27H29NO11.C6H14N4O2/c1-10-22(31)13(28)6-17(38-10)39-15-8-27(36,16(30)9-29)7-12-19(15)26(35)21-20(24(12)33)23(32)11-4-3-5-14(37-2)18(11)25(21)34;7-4(5(11)12)2-1-3-10-6(8)9/h3-5,10,13,15,17,22,29,31,33,35-36H,6-9,28H2,1-2H3;4H,1-3,7H2,(H,11,12)(H4,8,9,10)/t10-,13-,15-,17-,22+,27-;4-/m00/s1. The van der Waals surface area contributed by atoms with Gasteiger partial charge >= 0.3 is 5.97 Å². The smallest absolute Gasteiger partial charge is 0.320 e. The molecule has 0 unspecified atom stereocenters. The summed E-state index contributed by atoms with van der Waals surface area (Å²) in [6, 6.07) is 2.81. The Balaban J connectivity index is 0.000000417. The van der Waals surface area contributed by atoms with Crippen molar-refractivity contribution in [2.45, 2.75) is 81.3 Å². The summed E-state index contributed by atoms with van der Waals surface area (Å²) in [5.41, 5.74) is 17.7. The molecule has 51 heavy (non-hydrogen) atoms. The van der Waals surface area contributed by atoms with Gasteiger partial charge in [0.2, 0.25) is 5.78 Å². The molecule has 2 aromatic carbocycles. The number of hydrogen-bond acceptors (Lipinski definition) is 15. The molecule has 14 N–H and O–H groups in total. The number of aromatic hydroxyl groups is 2. The number of fused-ring (bicyclic) bond motifs is 3. The molecule has 0 saturated carbocycles. The number of phenols is 2. The first kappa shape index (κ1) is 39.1. The number of methoxy groups -OCH3 is 1. The van der Waals surface area contributed by atoms with Crippen LogP contribution in [0.3, 0.4) is 0 Å². The molecule has 278 valence electrons. The number of benzene rings is 2. The van der Waals surface area contributed by atoms with E-state index in [1.165, 1.54) is 25.3 Å². The largest absolute Gasteiger partial charge is 0.507 e. The molecule has 1 saturated heterocycles. The highest BCUT2D eigenvalue weighted by atomic mass is 16.7. The molecular formula is C33H43N5O13. The van der Waals surface area contributed by atoms with Crippen LogP contribution in [0.1, 0.15) is 81.7 Å². The number of guanidine groups is 1. The number of carbonyl (C=O) groups excluding carboxylic acids is 3. The summed E-state index contributed by atoms with van der Waals surface area (Å²) < 4.78 is 17.0. The zero-order valence-corrected chi connectivity index (χ0v) is 27.9. The van der Waals surface area contributed by atoms with E-state index in [4.69, 9.17) is 42.3 Å². The van der Waals surface area contributed by atoms with E-state index in [0.29, 0.717) is 19.4 Å². The Bertz CT molecular complexity index is 1720. The summed E-state index contributed by atoms with van der Waals surface area (Å²) in [5.74, 6) is -4.76. The molecule has 0 spiro atoms. The number of carbonyl (C=O) groups is 4. The second-order valence-corrected chi connectivity index (χ2v) is 12.6. The minimum atomic E-state index is -2.24. The number of Topliss-reactive ketones (excluding diaryl/α,β-unsaturated/α-hetero) is 1. The maximum atomic E-state index is 13.6. The fourth-order valence-corrected chi connectivity index (χ4v) is 6.39. The van der Waals surface area contributed by atoms with Gasteiger partial charge in [0, 0.05) is 48.5 Å². The summed E-state index contributed by atoms with van der Waals surface area (Å²) in [6.45, 7) is 0.980. The van der Waals surface area contributed by atoms with Gasteiger partial charge in [0.15, 0.2) is 23.8 Å². The van der Waals surface area contributed by atoms with Gasteiger partial charge in [-0.05, 0) is 25.8 Å². The highest BCUT2D eigenvalue weighted by Gasteiger charge is 2.50. The Hall–Kier alpha value is -4.69. The van der Waals surface area contributed by atoms with Crippen LogP contribution in [0.2, 0.25) is 0 Å². The van der Waals surface area contributed by atoms with Gasteiger partial charge in [-0.25, -0.2) is 0 Å². The summed E-state index contributed by atoms with van der Waals surface area (Å²) in [6.07, 6.45) is -4.17. The fourth-order valence-electron chi connectivity index (χ4n) is 6.39. The molecule has 7 atom stereocenters. The van der Waals surface area contributed by atoms with Crippen LogP contribution in [0.5, 0.6) is 17.2 Å². The van der Waals surface area contributed by atoms with E-state index in [-0.39, 0.29) is 40.4 Å². The van der Waals surface area contributed by atoms with Crippen LogP contribution in [0, 0.1) is 0 Å². The number of aliphatic carboxylic acids is 1. The average molecular weight is 718 g/mol. The van der Waals surface area contributed by atoms with Crippen molar-refractivity contribution in [3.8, 4) is 17.2 Å². The van der Waals surface area contributed by atoms with Crippen LogP contribution in [-0.2, 0) is 25.5 Å². The Labute approximate surface area is 291 Å². The van der Waals surface area contributed by atoms with Crippen molar-refractivity contribution in [2.75, 3.05) is 20.3 Å². The number of aliphatic imine (C=N–C) groups is 1. The molecule has 2 aromatic rings. The molecule has 0 radical (unpaired) electrons. The molecule has 0 bridgehead atoms. The lowest BCUT2D eigenvalue weighted by Gasteiger charge is -2.42. The van der Waals surface area contributed by atoms with Crippen molar-refractivity contribution in [1.82, 2.24) is 0 Å². The summed E-state index contributed by atoms with van der Waals surface area (Å²) in [7, 11) is 1.32. The summed E-state index contributed by atoms with van der Waals surface area (Å²) in [5, 5.41) is 62.1. The highest BCUT2D eigenvalue weighted by molar-refractivity contribution is 6.31. The van der Waals surface area contributed by atoms with Gasteiger partial charge in [-0.2, -0.15) is 0 Å². The monoisotopic (exact) mass is 717 g/mol. The molecule has 1 aliphatic heterocycles. The zero-order valence-electron chi connectivity index (χ0n) is 27.9. The maximum absolute atomic E-state index is 13.6. The van der Waals surface area contributed by atoms with Crippen LogP contribution >= 0.6 is 0 Å². The number of ketones is 3. The van der Waals surface area contributed by atoms with Crippen molar-refractivity contribution in [2.24, 2.45) is 27.9 Å². The predicted octanol–water partition coefficient (Wildman–Crippen LogP) is -1.55. The van der Waals surface area contributed by atoms with Gasteiger partial charge in [-0.3, -0.25) is 24.2 Å². The van der Waals surface area contributed by atoms with Crippen LogP contribution in [0.25, 0.3) is 0 Å². The average Bonchev–Trinajstić information content (AvgIpc) is 3.08. The molecule has 18 heteroatoms. The summed E-state index contributed by atoms with van der Waals surface area (Å²) >= 11 is 0. The van der Waals surface area contributed by atoms with Crippen molar-refractivity contribution in [3.63, 3.8) is 0 Å². The lowest BCUT2D eigenvalue weighted by Crippen LogP contribution is -2.53. The number of nitrogens with two attached hydrogens (primary N) is 4. The number of hydrogen-bond donors (Lipinski definition) is 10. The predicted molar refractivity (Wildman–Crippen MR) is 177 cm³/mol. The van der Waals surface area contributed by atoms with Gasteiger partial charge < -0.3 is 67.8 Å². The Morgan fingerprint density at radius 2 is 1.78 bits per heavy atom. The highest BCUT2D eigenvalue weighted by Crippen LogP contribution is 2.52. The number of carboxylic acids is 1. The first-order chi connectivity index (χ1) is 24.0. The van der Waals surface area contributed by atoms with E-state index in [2.05, 4.69) is 4.99 Å². The lowest BCUT2D eigenvalue weighted by atomic mass is 9.72. The van der Waals surface area contributed by atoms with Crippen LogP contribution in [-0.4, -0.2) is 116 Å². The van der Waals surface area contributed by atoms with Gasteiger partial charge in [-0.15, -0.1) is 0 Å². The molecule has 3 aliphatic rings. The molecule has 1 fully saturated rings. The Morgan fingerprint density at radius 1 is 1.12 bits per heavy atom. The van der Waals surface area contributed by atoms with E-state index in [0.717, 1.165) is 0 Å². The Morgan fingerprint density at radius 3 is 2.37 bits per heavy atom. The molecular weight excluding hydrogens is 674 g/mol. The summed E-state index contributed by atoms with van der Waals surface area (Å²) in [4.78, 5) is 53.6. The third-order valence-electron chi connectivity index (χ3n) is 9.09. The minimum absolute atomic E-state index is 0.0129. The number of ether oxygens (including phenoxy) is 3. The van der Waals surface area contributed by atoms with E-state index in [1.54, 1.807) is 6.92 Å². The van der Waals surface area contributed by atoms with E-state index < -0.39 is 108 Å². The Kier molecular flexibility index (Phi) is 12.0. The number of aliphatic hydroxyl groups excluding tert-OH is 2. The molecule has 0 amide bonds. The quantitative estimate of drug-likeness (QED) is 0.0491. The SMILES string of the molecule is COc1cccc2c1C(=O)c1c(O)c3c(c(O)c1C2=O)C[C@@](O)(C(=O)CO)C[C@@H]3O[C@H]1C[C@H](N)[C@H](O)[C@H](C)O1.NC(N)=NCCC[C@H](N)C(=O)O. The number of carboxylic acid groups (broad SMARTS) is 1. The van der Waals surface area contributed by atoms with Gasteiger partial charge in [0.25, 0.3) is 0 Å². The van der Waals surface area contributed by atoms with Crippen molar-refractivity contribution in [3.05, 3.63) is 51.6 Å². The van der Waals surface area contributed by atoms with Crippen LogP contribution in [0.15, 0.2) is 23.2 Å². The van der Waals surface area contributed by atoms with E-state index in [9.17, 15) is 44.7 Å². The van der Waals surface area contributed by atoms with Crippen molar-refractivity contribution >= 4 is 29.3 Å². The first-order valence-corrected chi connectivity index (χ1v) is 16.0. The first-order valence-electron chi connectivity index (χ1n) is 16.0. The van der Waals surface area contributed by atoms with Crippen LogP contribution in [0.4, 0.5) is 0 Å². The zero-order chi connectivity index (χ0) is 37.9. The third kappa shape index (κ3) is 7.81. The van der Waals surface area contributed by atoms with Gasteiger partial charge in [0.05, 0.1) is 42.1 Å². The molecule has 1 heterocycles. The molecule has 2 aliphatic carbocycles. The topological polar surface area (TPSA) is 334 Å². The van der Waals surface area contributed by atoms with E-state index >= 15 is 0 Å². The molecule has 18 nitrogen and oxygen atoms in total. The van der Waals surface area contributed by atoms with Crippen molar-refractivity contribution in [1.29, 1.82) is 0 Å². The fraction of sp³-hybridized carbons (Fsp3) is 0.485. The number of nitrogens with zero attached hydrogens (tertiary/aromatic N) is 1. The number of aliphatic hydroxyl groups is 3. The van der Waals surface area contributed by atoms with Gasteiger partial charge in [-0.1, -0.05) is 12.1 Å². The van der Waals surface area contributed by atoms with Crippen molar-refractivity contribution < 1.29 is 64.0 Å². The third-order valence-corrected chi connectivity index (χ3v) is 9.09. The van der Waals surface area contributed by atoms with Gasteiger partial charge in [0.1, 0.15) is 35.5 Å². The lowest BCUT2D eigenvalue weighted by molar-refractivity contribution is -0.247. The second kappa shape index (κ2) is 15.7. The normalized spacial score (nSPS) is 25.7. The number of rotatable bonds is 10. The van der Waals surface area contributed by atoms with Crippen LogP contribution < -0.4 is 27.7 Å². The second-order valence-electron chi connectivity index (χ2n) is 12.6. The maximum Gasteiger partial charge on any atom is 0.320 e.